The van der Waals surface area contributed by atoms with Gasteiger partial charge in [-0.15, -0.1) is 15.1 Å². The third-order valence-electron chi connectivity index (χ3n) is 4.20. The van der Waals surface area contributed by atoms with Crippen molar-refractivity contribution in [3.63, 3.8) is 0 Å². The Hall–Kier alpha value is -3.10. The van der Waals surface area contributed by atoms with Gasteiger partial charge in [0, 0.05) is 6.42 Å². The van der Waals surface area contributed by atoms with Crippen LogP contribution in [0.25, 0.3) is 0 Å². The van der Waals surface area contributed by atoms with Crippen molar-refractivity contribution in [2.24, 2.45) is 10.4 Å². The number of hydrogen-bond donors (Lipinski definition) is 0. The standard InChI is InChI=1S/C16H16N4O5/c1-3-25-14(22)12-8-16(20(17-12)18-24)9-13(21)19(15(16)23)11-6-4-5-10(2)7-11/h4-7H,3,8-9H2,1-2H3. The summed E-state index contributed by atoms with van der Waals surface area (Å²) in [7, 11) is 0. The Kier molecular flexibility index (Phi) is 4.07. The molecule has 2 amide bonds. The number of aryl methyl sites for hydroxylation is 1. The molecule has 1 spiro atoms. The van der Waals surface area contributed by atoms with Crippen molar-refractivity contribution in [3.8, 4) is 0 Å². The first-order chi connectivity index (χ1) is 11.9. The summed E-state index contributed by atoms with van der Waals surface area (Å²) in [5.41, 5.74) is -0.430. The maximum Gasteiger partial charge on any atom is 0.354 e. The second-order valence-electron chi connectivity index (χ2n) is 5.90. The Morgan fingerprint density at radius 3 is 2.76 bits per heavy atom. The minimum absolute atomic E-state index is 0.103. The van der Waals surface area contributed by atoms with Crippen molar-refractivity contribution in [3.05, 3.63) is 34.7 Å². The average Bonchev–Trinajstić information content (AvgIpc) is 3.06. The van der Waals surface area contributed by atoms with Crippen molar-refractivity contribution in [2.45, 2.75) is 32.2 Å². The number of carbonyl (C=O) groups is 3. The Morgan fingerprint density at radius 1 is 1.36 bits per heavy atom. The average molecular weight is 344 g/mol. The van der Waals surface area contributed by atoms with E-state index in [1.807, 2.05) is 13.0 Å². The van der Waals surface area contributed by atoms with Gasteiger partial charge < -0.3 is 4.74 Å². The molecular weight excluding hydrogens is 328 g/mol. The molecule has 0 N–H and O–H groups in total. The van der Waals surface area contributed by atoms with Gasteiger partial charge in [0.2, 0.25) is 5.91 Å². The van der Waals surface area contributed by atoms with Crippen LogP contribution in [0.4, 0.5) is 5.69 Å². The molecule has 0 radical (unpaired) electrons. The van der Waals surface area contributed by atoms with Crippen molar-refractivity contribution in [2.75, 3.05) is 11.5 Å². The zero-order chi connectivity index (χ0) is 18.2. The lowest BCUT2D eigenvalue weighted by molar-refractivity contribution is -0.135. The smallest absolute Gasteiger partial charge is 0.354 e. The normalized spacial score (nSPS) is 22.6. The third kappa shape index (κ3) is 2.57. The monoisotopic (exact) mass is 344 g/mol. The summed E-state index contributed by atoms with van der Waals surface area (Å²) in [6.45, 7) is 3.59. The second-order valence-corrected chi connectivity index (χ2v) is 5.90. The molecule has 25 heavy (non-hydrogen) atoms. The van der Waals surface area contributed by atoms with Gasteiger partial charge in [0.05, 0.1) is 24.0 Å². The quantitative estimate of drug-likeness (QED) is 0.463. The highest BCUT2D eigenvalue weighted by Gasteiger charge is 2.61. The number of ether oxygens (including phenoxy) is 1. The first kappa shape index (κ1) is 16.7. The van der Waals surface area contributed by atoms with E-state index in [2.05, 4.69) is 10.4 Å². The van der Waals surface area contributed by atoms with E-state index in [1.54, 1.807) is 25.1 Å². The van der Waals surface area contributed by atoms with Gasteiger partial charge in [-0.1, -0.05) is 12.1 Å². The van der Waals surface area contributed by atoms with Crippen molar-refractivity contribution < 1.29 is 19.1 Å². The van der Waals surface area contributed by atoms with Gasteiger partial charge in [0.1, 0.15) is 0 Å². The molecule has 0 saturated carbocycles. The van der Waals surface area contributed by atoms with Crippen molar-refractivity contribution in [1.29, 1.82) is 0 Å². The van der Waals surface area contributed by atoms with E-state index >= 15 is 0 Å². The fourth-order valence-electron chi connectivity index (χ4n) is 3.07. The number of anilines is 1. The maximum absolute atomic E-state index is 13.0. The van der Waals surface area contributed by atoms with Crippen LogP contribution in [0.5, 0.6) is 0 Å². The van der Waals surface area contributed by atoms with E-state index in [1.165, 1.54) is 0 Å². The summed E-state index contributed by atoms with van der Waals surface area (Å²) in [5.74, 6) is -1.85. The van der Waals surface area contributed by atoms with E-state index in [4.69, 9.17) is 4.74 Å². The first-order valence-electron chi connectivity index (χ1n) is 7.75. The number of hydrogen-bond acceptors (Lipinski definition) is 7. The van der Waals surface area contributed by atoms with Crippen LogP contribution in [-0.4, -0.2) is 40.8 Å². The minimum Gasteiger partial charge on any atom is -0.461 e. The van der Waals surface area contributed by atoms with E-state index in [9.17, 15) is 19.3 Å². The lowest BCUT2D eigenvalue weighted by Gasteiger charge is -2.24. The third-order valence-corrected chi connectivity index (χ3v) is 4.20. The van der Waals surface area contributed by atoms with E-state index in [-0.39, 0.29) is 25.2 Å². The number of imide groups is 1. The Bertz CT molecular complexity index is 805. The van der Waals surface area contributed by atoms with Crippen LogP contribution in [-0.2, 0) is 19.1 Å². The van der Waals surface area contributed by atoms with Crippen LogP contribution in [0.1, 0.15) is 25.3 Å². The SMILES string of the molecule is CCOC(=O)C1=NN(N=O)C2(CC(=O)N(c3cccc(C)c3)C2=O)C1. The number of rotatable bonds is 4. The van der Waals surface area contributed by atoms with Crippen LogP contribution < -0.4 is 4.90 Å². The van der Waals surface area contributed by atoms with Gasteiger partial charge in [-0.2, -0.15) is 0 Å². The number of hydrazone groups is 1. The lowest BCUT2D eigenvalue weighted by Crippen LogP contribution is -2.48. The summed E-state index contributed by atoms with van der Waals surface area (Å²) in [4.78, 5) is 49.6. The number of amides is 2. The molecule has 9 heteroatoms. The molecule has 3 rings (SSSR count). The summed E-state index contributed by atoms with van der Waals surface area (Å²) in [6.07, 6.45) is -0.498. The molecule has 0 bridgehead atoms. The fourth-order valence-corrected chi connectivity index (χ4v) is 3.07. The molecule has 1 aromatic carbocycles. The van der Waals surface area contributed by atoms with Gasteiger partial charge >= 0.3 is 5.97 Å². The predicted molar refractivity (Wildman–Crippen MR) is 87.3 cm³/mol. The highest BCUT2D eigenvalue weighted by Crippen LogP contribution is 2.40. The molecule has 1 atom stereocenters. The Labute approximate surface area is 143 Å². The van der Waals surface area contributed by atoms with Gasteiger partial charge in [-0.05, 0) is 31.5 Å². The van der Waals surface area contributed by atoms with Crippen LogP contribution in [0.3, 0.4) is 0 Å². The number of nitroso groups, excluding NO2 is 1. The lowest BCUT2D eigenvalue weighted by atomic mass is 9.92. The van der Waals surface area contributed by atoms with E-state index in [0.717, 1.165) is 10.5 Å². The van der Waals surface area contributed by atoms with Gasteiger partial charge in [0.25, 0.3) is 5.91 Å². The zero-order valence-corrected chi connectivity index (χ0v) is 13.8. The molecule has 0 aromatic heterocycles. The Balaban J connectivity index is 1.95. The summed E-state index contributed by atoms with van der Waals surface area (Å²) in [5, 5.41) is 7.14. The fraction of sp³-hybridized carbons (Fsp3) is 0.375. The van der Waals surface area contributed by atoms with Crippen LogP contribution in [0.2, 0.25) is 0 Å². The summed E-state index contributed by atoms with van der Waals surface area (Å²) in [6, 6.07) is 6.88. The molecule has 1 saturated heterocycles. The van der Waals surface area contributed by atoms with E-state index in [0.29, 0.717) is 10.8 Å². The zero-order valence-electron chi connectivity index (χ0n) is 13.8. The number of esters is 1. The molecule has 1 unspecified atom stereocenters. The molecular formula is C16H16N4O5. The molecule has 2 heterocycles. The van der Waals surface area contributed by atoms with E-state index < -0.39 is 23.3 Å². The van der Waals surface area contributed by atoms with Crippen LogP contribution >= 0.6 is 0 Å². The summed E-state index contributed by atoms with van der Waals surface area (Å²) < 4.78 is 4.86. The molecule has 1 fully saturated rings. The van der Waals surface area contributed by atoms with Crippen LogP contribution in [0.15, 0.2) is 34.7 Å². The van der Waals surface area contributed by atoms with Crippen molar-refractivity contribution in [1.82, 2.24) is 5.12 Å². The van der Waals surface area contributed by atoms with Gasteiger partial charge in [0.15, 0.2) is 11.3 Å². The van der Waals surface area contributed by atoms with Gasteiger partial charge in [-0.25, -0.2) is 9.69 Å². The highest BCUT2D eigenvalue weighted by molar-refractivity contribution is 6.39. The van der Waals surface area contributed by atoms with Crippen molar-refractivity contribution >= 4 is 29.2 Å². The molecule has 130 valence electrons. The largest absolute Gasteiger partial charge is 0.461 e. The van der Waals surface area contributed by atoms with Gasteiger partial charge in [-0.3, -0.25) is 9.59 Å². The first-order valence-corrected chi connectivity index (χ1v) is 7.75. The molecule has 2 aliphatic rings. The number of carbonyl (C=O) groups excluding carboxylic acids is 3. The second kappa shape index (κ2) is 6.08. The molecule has 9 nitrogen and oxygen atoms in total. The topological polar surface area (TPSA) is 109 Å². The molecule has 0 aliphatic carbocycles. The van der Waals surface area contributed by atoms with Crippen LogP contribution in [0, 0.1) is 11.8 Å². The molecule has 1 aromatic rings. The molecule has 2 aliphatic heterocycles. The predicted octanol–water partition coefficient (Wildman–Crippen LogP) is 1.30. The highest BCUT2D eigenvalue weighted by atomic mass is 16.5. The minimum atomic E-state index is -1.61. The maximum atomic E-state index is 13.0. The number of benzene rings is 1. The summed E-state index contributed by atoms with van der Waals surface area (Å²) >= 11 is 0. The Morgan fingerprint density at radius 2 is 2.12 bits per heavy atom. The number of nitrogens with zero attached hydrogens (tertiary/aromatic N) is 4.